The fraction of sp³-hybridized carbons (Fsp3) is 0.482. The van der Waals surface area contributed by atoms with Crippen LogP contribution < -0.4 is 30.9 Å². The van der Waals surface area contributed by atoms with Gasteiger partial charge in [-0.05, 0) is 87.6 Å². The number of carbonyl (C=O) groups excluding carboxylic acids is 2. The van der Waals surface area contributed by atoms with Gasteiger partial charge in [0.05, 0.1) is 27.5 Å². The van der Waals surface area contributed by atoms with Gasteiger partial charge in [0.15, 0.2) is 5.82 Å². The van der Waals surface area contributed by atoms with E-state index in [-0.39, 0.29) is 82.8 Å². The number of imidazole rings is 1. The predicted molar refractivity (Wildman–Crippen MR) is 281 cm³/mol. The number of rotatable bonds is 11. The van der Waals surface area contributed by atoms with E-state index in [2.05, 4.69) is 41.1 Å². The van der Waals surface area contributed by atoms with Crippen LogP contribution in [0.5, 0.6) is 6.01 Å². The van der Waals surface area contributed by atoms with E-state index in [1.165, 1.54) is 15.5 Å². The summed E-state index contributed by atoms with van der Waals surface area (Å²) in [6, 6.07) is 14.4. The number of piperidine rings is 1. The van der Waals surface area contributed by atoms with E-state index in [9.17, 15) is 24.3 Å². The molecule has 6 atom stereocenters. The van der Waals surface area contributed by atoms with Crippen molar-refractivity contribution in [3.63, 3.8) is 0 Å². The largest absolute Gasteiger partial charge is 0.465 e. The molecule has 0 saturated carbocycles. The maximum Gasteiger partial charge on any atom is 0.407 e. The van der Waals surface area contributed by atoms with Crippen molar-refractivity contribution in [2.24, 2.45) is 13.0 Å². The van der Waals surface area contributed by atoms with Gasteiger partial charge in [0.25, 0.3) is 0 Å². The number of terminal acetylenes is 1. The number of imide groups is 1. The quantitative estimate of drug-likeness (QED) is 0.113. The third kappa shape index (κ3) is 8.20. The van der Waals surface area contributed by atoms with Gasteiger partial charge in [0.2, 0.25) is 11.8 Å². The number of carboxylic acid groups (broad SMARTS) is 1. The predicted octanol–water partition coefficient (Wildman–Crippen LogP) is 5.24. The minimum absolute atomic E-state index is 0.0113. The number of pyridine rings is 1. The highest BCUT2D eigenvalue weighted by Crippen LogP contribution is 2.45. The number of hydrogen-bond donors (Lipinski definition) is 3. The first kappa shape index (κ1) is 48.4. The van der Waals surface area contributed by atoms with Crippen LogP contribution in [-0.2, 0) is 16.6 Å². The highest BCUT2D eigenvalue weighted by Gasteiger charge is 2.51. The molecule has 20 heteroatoms. The topological polar surface area (TPSA) is 187 Å². The summed E-state index contributed by atoms with van der Waals surface area (Å²) in [4.78, 5) is 76.1. The van der Waals surface area contributed by atoms with Crippen molar-refractivity contribution in [3.8, 4) is 29.6 Å². The molecule has 7 fully saturated rings. The number of benzene rings is 3. The Morgan fingerprint density at radius 3 is 2.54 bits per heavy atom. The van der Waals surface area contributed by atoms with Crippen LogP contribution in [0, 0.1) is 29.9 Å². The number of aryl methyl sites for hydroxylation is 1. The molecule has 18 nitrogen and oxygen atoms in total. The van der Waals surface area contributed by atoms with Gasteiger partial charge in [-0.1, -0.05) is 30.2 Å². The van der Waals surface area contributed by atoms with E-state index < -0.39 is 29.7 Å². The summed E-state index contributed by atoms with van der Waals surface area (Å²) in [5.74, 6) is 1.24. The number of aromatic nitrogens is 5. The molecular weight excluding hydrogens is 975 g/mol. The molecule has 7 saturated heterocycles. The van der Waals surface area contributed by atoms with Gasteiger partial charge in [-0.3, -0.25) is 38.8 Å². The minimum Gasteiger partial charge on any atom is -0.465 e. The molecule has 0 spiro atoms. The summed E-state index contributed by atoms with van der Waals surface area (Å²) < 4.78 is 42.4. The smallest absolute Gasteiger partial charge is 0.407 e. The second-order valence-electron chi connectivity index (χ2n) is 22.3. The van der Waals surface area contributed by atoms with Gasteiger partial charge in [-0.25, -0.2) is 18.4 Å². The third-order valence-electron chi connectivity index (χ3n) is 17.9. The Labute approximate surface area is 437 Å². The molecule has 3 amide bonds. The van der Waals surface area contributed by atoms with Gasteiger partial charge < -0.3 is 29.9 Å². The number of hydrogen-bond acceptors (Lipinski definition) is 13. The molecule has 76 heavy (non-hydrogen) atoms. The Kier molecular flexibility index (Phi) is 12.0. The molecule has 6 aromatic rings. The summed E-state index contributed by atoms with van der Waals surface area (Å²) in [5, 5.41) is 17.3. The minimum atomic E-state index is -0.891. The molecule has 4 unspecified atom stereocenters. The van der Waals surface area contributed by atoms with Crippen LogP contribution in [0.4, 0.5) is 25.1 Å². The number of nitrogens with zero attached hydrogens (tertiary/aromatic N) is 10. The molecule has 394 valence electrons. The molecular formula is C56H60F2N12O6. The highest BCUT2D eigenvalue weighted by atomic mass is 19.1. The highest BCUT2D eigenvalue weighted by molar-refractivity contribution is 6.02. The van der Waals surface area contributed by atoms with Crippen LogP contribution in [0.1, 0.15) is 69.4 Å². The number of nitrogens with one attached hydrogen (secondary N) is 2. The number of fused-ring (bicyclic) bond motifs is 6. The van der Waals surface area contributed by atoms with Crippen LogP contribution in [0.25, 0.3) is 44.0 Å². The Bertz CT molecular complexity index is 3470. The molecule has 7 aliphatic heterocycles. The summed E-state index contributed by atoms with van der Waals surface area (Å²) in [5.41, 5.74) is 2.20. The molecule has 3 aromatic carbocycles. The van der Waals surface area contributed by atoms with Gasteiger partial charge >= 0.3 is 17.8 Å². The molecule has 13 rings (SSSR count). The first-order chi connectivity index (χ1) is 36.8. The zero-order valence-corrected chi connectivity index (χ0v) is 42.4. The molecule has 3 aromatic heterocycles. The zero-order chi connectivity index (χ0) is 52.1. The van der Waals surface area contributed by atoms with E-state index in [4.69, 9.17) is 21.1 Å². The van der Waals surface area contributed by atoms with E-state index in [0.29, 0.717) is 71.4 Å². The van der Waals surface area contributed by atoms with Gasteiger partial charge in [-0.2, -0.15) is 9.97 Å². The van der Waals surface area contributed by atoms with Gasteiger partial charge in [0.1, 0.15) is 35.5 Å². The first-order valence-corrected chi connectivity index (χ1v) is 26.8. The number of halogens is 2. The van der Waals surface area contributed by atoms with E-state index in [1.807, 2.05) is 24.3 Å². The Balaban J connectivity index is 0.783. The fourth-order valence-electron chi connectivity index (χ4n) is 14.1. The van der Waals surface area contributed by atoms with Crippen LogP contribution in [0.3, 0.4) is 0 Å². The lowest BCUT2D eigenvalue weighted by atomic mass is 9.94. The van der Waals surface area contributed by atoms with Crippen molar-refractivity contribution >= 4 is 62.1 Å². The van der Waals surface area contributed by atoms with Crippen LogP contribution in [0.2, 0.25) is 0 Å². The first-order valence-electron chi connectivity index (χ1n) is 26.8. The molecule has 3 N–H and O–H groups in total. The van der Waals surface area contributed by atoms with Crippen LogP contribution in [-0.4, -0.2) is 157 Å². The summed E-state index contributed by atoms with van der Waals surface area (Å²) >= 11 is 0. The van der Waals surface area contributed by atoms with Crippen LogP contribution >= 0.6 is 0 Å². The lowest BCUT2D eigenvalue weighted by Crippen LogP contribution is -2.60. The average molecular weight is 1040 g/mol. The van der Waals surface area contributed by atoms with Gasteiger partial charge in [0, 0.05) is 119 Å². The number of anilines is 2. The number of ether oxygens (including phenoxy) is 1. The van der Waals surface area contributed by atoms with Crippen molar-refractivity contribution in [2.75, 3.05) is 75.3 Å². The van der Waals surface area contributed by atoms with Crippen molar-refractivity contribution in [1.29, 1.82) is 0 Å². The lowest BCUT2D eigenvalue weighted by molar-refractivity contribution is -0.135. The Morgan fingerprint density at radius 2 is 1.75 bits per heavy atom. The summed E-state index contributed by atoms with van der Waals surface area (Å²) in [7, 11) is 1.71. The third-order valence-corrected chi connectivity index (χ3v) is 17.9. The van der Waals surface area contributed by atoms with Crippen molar-refractivity contribution in [1.82, 2.24) is 49.4 Å². The summed E-state index contributed by atoms with van der Waals surface area (Å²) in [6.07, 6.45) is 13.7. The number of likely N-dealkylation sites (tertiary alicyclic amines) is 1. The monoisotopic (exact) mass is 1030 g/mol. The number of piperazine rings is 2. The number of carbonyl (C=O) groups is 3. The SMILES string of the molecule is C#Cc1c(F)ccc2cccc(-c3ncc4c(N5CC6CCC(C5)N6)nc(OC[C@@]56CCCN5[C@H](CC5CN(c7ccc8c(c7)n(C)c(=O)n8C7CCC(=O)NC7=O)CCN5CC5CN(C(=O)O)C5)CC6)nc4c3F)c12. The summed E-state index contributed by atoms with van der Waals surface area (Å²) in [6.45, 7) is 6.65. The normalized spacial score (nSPS) is 26.1. The van der Waals surface area contributed by atoms with Crippen molar-refractivity contribution < 1.29 is 33.0 Å². The van der Waals surface area contributed by atoms with Gasteiger partial charge in [-0.15, -0.1) is 6.42 Å². The second-order valence-corrected chi connectivity index (χ2v) is 22.3. The zero-order valence-electron chi connectivity index (χ0n) is 42.4. The van der Waals surface area contributed by atoms with E-state index >= 15 is 8.78 Å². The molecule has 0 aliphatic carbocycles. The van der Waals surface area contributed by atoms with E-state index in [0.717, 1.165) is 83.4 Å². The van der Waals surface area contributed by atoms with Crippen molar-refractivity contribution in [3.05, 3.63) is 82.4 Å². The van der Waals surface area contributed by atoms with E-state index in [1.54, 1.807) is 36.0 Å². The standard InChI is InChI=1S/C56H60F2N12O6/c1-3-39-42(57)12-8-33-6-4-7-40(47(33)39)49-48(58)50-41(24-59-49)51(67-28-34-9-10-35(29-67)60-34)63-53(62-50)76-31-56-17-5-19-69(56)37(16-18-56)22-38-30-66(21-20-65(38)25-32-26-68(27-32)55(74)75)36-11-13-43-45(23-36)64(2)54(73)70(43)44-14-15-46(71)61-52(44)72/h1,4,6-8,11-13,23-24,32,34-35,37-38,44,60H,5,9-10,14-22,25-31H2,2H3,(H,74,75)(H,61,71,72)/t34?,35?,37-,38?,44?,56-/m0/s1. The second kappa shape index (κ2) is 18.8. The van der Waals surface area contributed by atoms with Crippen LogP contribution in [0.15, 0.2) is 59.5 Å². The maximum atomic E-state index is 17.4. The lowest BCUT2D eigenvalue weighted by Gasteiger charge is -2.48. The number of amides is 3. The fourth-order valence-corrected chi connectivity index (χ4v) is 14.1. The molecule has 7 aliphatic rings. The maximum absolute atomic E-state index is 17.4. The molecule has 0 radical (unpaired) electrons. The molecule has 2 bridgehead atoms. The Hall–Kier alpha value is -7.21. The average Bonchev–Trinajstić information content (AvgIpc) is 4.16. The Morgan fingerprint density at radius 1 is 0.921 bits per heavy atom. The molecule has 10 heterocycles. The van der Waals surface area contributed by atoms with Crippen molar-refractivity contribution in [2.45, 2.75) is 93.5 Å².